The lowest BCUT2D eigenvalue weighted by Crippen LogP contribution is -2.28. The first-order valence-corrected chi connectivity index (χ1v) is 11.6. The van der Waals surface area contributed by atoms with Gasteiger partial charge in [-0.1, -0.05) is 24.3 Å². The summed E-state index contributed by atoms with van der Waals surface area (Å²) < 4.78 is 3.80. The molecule has 10 nitrogen and oxygen atoms in total. The van der Waals surface area contributed by atoms with Crippen LogP contribution >= 0.6 is 0 Å². The van der Waals surface area contributed by atoms with Crippen molar-refractivity contribution in [2.75, 3.05) is 11.9 Å². The number of rotatable bonds is 6. The maximum Gasteiger partial charge on any atom is 0.254 e. The number of amides is 1. The van der Waals surface area contributed by atoms with Crippen LogP contribution in [0.2, 0.25) is 0 Å². The van der Waals surface area contributed by atoms with Gasteiger partial charge in [0, 0.05) is 43.5 Å². The van der Waals surface area contributed by atoms with E-state index in [-0.39, 0.29) is 11.4 Å². The van der Waals surface area contributed by atoms with Crippen LogP contribution in [0.25, 0.3) is 11.3 Å². The molecule has 0 saturated carbocycles. The first kappa shape index (κ1) is 22.7. The van der Waals surface area contributed by atoms with Gasteiger partial charge in [0.25, 0.3) is 5.91 Å². The lowest BCUT2D eigenvalue weighted by Gasteiger charge is -2.18. The van der Waals surface area contributed by atoms with Gasteiger partial charge in [-0.3, -0.25) is 14.2 Å². The van der Waals surface area contributed by atoms with E-state index in [2.05, 4.69) is 36.1 Å². The van der Waals surface area contributed by atoms with Gasteiger partial charge in [0.1, 0.15) is 12.1 Å². The molecule has 3 N–H and O–H groups in total. The Hall–Kier alpha value is -4.05. The summed E-state index contributed by atoms with van der Waals surface area (Å²) >= 11 is 0. The monoisotopic (exact) mass is 471 g/mol. The molecule has 1 aliphatic heterocycles. The number of hydrogen-bond donors (Lipinski definition) is 3. The number of carbonyl (C=O) groups is 1. The molecule has 0 radical (unpaired) electrons. The molecule has 0 spiro atoms. The molecule has 0 bridgehead atoms. The smallest absolute Gasteiger partial charge is 0.254 e. The summed E-state index contributed by atoms with van der Waals surface area (Å²) in [6.07, 6.45) is 4.91. The average Bonchev–Trinajstić information content (AvgIpc) is 3.50. The quantitative estimate of drug-likeness (QED) is 0.396. The topological polar surface area (TPSA) is 115 Å². The molecule has 5 rings (SSSR count). The number of nitrogens with zero attached hydrogens (tertiary/aromatic N) is 6. The molecule has 3 aromatic heterocycles. The summed E-state index contributed by atoms with van der Waals surface area (Å²) in [4.78, 5) is 21.3. The van der Waals surface area contributed by atoms with Crippen LogP contribution in [0.5, 0.6) is 0 Å². The zero-order valence-corrected chi connectivity index (χ0v) is 20.1. The third kappa shape index (κ3) is 5.22. The predicted molar refractivity (Wildman–Crippen MR) is 133 cm³/mol. The van der Waals surface area contributed by atoms with Crippen molar-refractivity contribution < 1.29 is 4.79 Å². The number of benzene rings is 1. The standard InChI is InChI=1S/C25H29N9O/c1-25(2,3)34-15-19(13-30-34)24(35)27-12-17-4-6-18(7-5-17)21-11-22(29-16-28-21)31-23-10-20-14-26-8-9-33(20)32-23/h4-7,10-11,13,15-16,26H,8-9,12,14H2,1-3H3,(H,27,35)(H,28,29,31,32). The molecule has 180 valence electrons. The van der Waals surface area contributed by atoms with E-state index in [1.165, 1.54) is 0 Å². The maximum absolute atomic E-state index is 12.5. The third-order valence-electron chi connectivity index (χ3n) is 5.83. The predicted octanol–water partition coefficient (Wildman–Crippen LogP) is 3.07. The molecule has 0 aliphatic carbocycles. The van der Waals surface area contributed by atoms with Crippen LogP contribution < -0.4 is 16.0 Å². The number of anilines is 2. The fourth-order valence-corrected chi connectivity index (χ4v) is 3.85. The molecule has 1 amide bonds. The van der Waals surface area contributed by atoms with Gasteiger partial charge in [0.2, 0.25) is 0 Å². The van der Waals surface area contributed by atoms with Gasteiger partial charge in [-0.05, 0) is 26.3 Å². The highest BCUT2D eigenvalue weighted by atomic mass is 16.1. The van der Waals surface area contributed by atoms with Gasteiger partial charge in [0.15, 0.2) is 5.82 Å². The molecule has 10 heteroatoms. The van der Waals surface area contributed by atoms with Gasteiger partial charge >= 0.3 is 0 Å². The van der Waals surface area contributed by atoms with Crippen molar-refractivity contribution in [2.45, 2.75) is 45.9 Å². The van der Waals surface area contributed by atoms with E-state index in [1.807, 2.05) is 61.9 Å². The molecule has 35 heavy (non-hydrogen) atoms. The van der Waals surface area contributed by atoms with Crippen molar-refractivity contribution in [3.05, 3.63) is 71.9 Å². The molecular formula is C25H29N9O. The Morgan fingerprint density at radius 2 is 1.94 bits per heavy atom. The van der Waals surface area contributed by atoms with Crippen molar-refractivity contribution >= 4 is 17.5 Å². The van der Waals surface area contributed by atoms with Crippen molar-refractivity contribution in [3.63, 3.8) is 0 Å². The molecule has 4 aromatic rings. The van der Waals surface area contributed by atoms with Crippen molar-refractivity contribution in [1.29, 1.82) is 0 Å². The fraction of sp³-hybridized carbons (Fsp3) is 0.320. The average molecular weight is 472 g/mol. The summed E-state index contributed by atoms with van der Waals surface area (Å²) in [5, 5.41) is 18.5. The first-order valence-electron chi connectivity index (χ1n) is 11.6. The summed E-state index contributed by atoms with van der Waals surface area (Å²) in [5.74, 6) is 1.31. The van der Waals surface area contributed by atoms with Crippen LogP contribution in [0, 0.1) is 0 Å². The highest BCUT2D eigenvalue weighted by Crippen LogP contribution is 2.22. The van der Waals surface area contributed by atoms with Crippen LogP contribution in [0.1, 0.15) is 42.4 Å². The lowest BCUT2D eigenvalue weighted by molar-refractivity contribution is 0.0950. The SMILES string of the molecule is CC(C)(C)n1cc(C(=O)NCc2ccc(-c3cc(Nc4cc5n(n4)CCNC5)ncn3)cc2)cn1. The van der Waals surface area contributed by atoms with Crippen LogP contribution in [0.3, 0.4) is 0 Å². The summed E-state index contributed by atoms with van der Waals surface area (Å²) in [5.41, 5.74) is 4.30. The van der Waals surface area contributed by atoms with Crippen LogP contribution in [-0.2, 0) is 25.2 Å². The highest BCUT2D eigenvalue weighted by molar-refractivity contribution is 5.93. The second-order valence-corrected chi connectivity index (χ2v) is 9.56. The molecular weight excluding hydrogens is 442 g/mol. The number of nitrogens with one attached hydrogen (secondary N) is 3. The third-order valence-corrected chi connectivity index (χ3v) is 5.83. The summed E-state index contributed by atoms with van der Waals surface area (Å²) in [6, 6.07) is 11.9. The minimum absolute atomic E-state index is 0.146. The van der Waals surface area contributed by atoms with E-state index in [9.17, 15) is 4.79 Å². The molecule has 4 heterocycles. The normalized spacial score (nSPS) is 13.3. The van der Waals surface area contributed by atoms with Gasteiger partial charge < -0.3 is 16.0 Å². The summed E-state index contributed by atoms with van der Waals surface area (Å²) in [6.45, 7) is 9.16. The Morgan fingerprint density at radius 3 is 2.69 bits per heavy atom. The number of hydrogen-bond acceptors (Lipinski definition) is 7. The Balaban J connectivity index is 1.21. The fourth-order valence-electron chi connectivity index (χ4n) is 3.85. The molecule has 0 atom stereocenters. The molecule has 1 aliphatic rings. The van der Waals surface area contributed by atoms with E-state index in [4.69, 9.17) is 0 Å². The minimum atomic E-state index is -0.166. The second-order valence-electron chi connectivity index (χ2n) is 9.56. The molecule has 1 aromatic carbocycles. The Labute approximate surface area is 203 Å². The van der Waals surface area contributed by atoms with Gasteiger partial charge in [-0.15, -0.1) is 0 Å². The van der Waals surface area contributed by atoms with Crippen LogP contribution in [0.4, 0.5) is 11.6 Å². The molecule has 0 unspecified atom stereocenters. The van der Waals surface area contributed by atoms with Crippen molar-refractivity contribution in [2.24, 2.45) is 0 Å². The zero-order valence-electron chi connectivity index (χ0n) is 20.1. The van der Waals surface area contributed by atoms with Gasteiger partial charge in [-0.25, -0.2) is 9.97 Å². The number of fused-ring (bicyclic) bond motifs is 1. The Kier molecular flexibility index (Phi) is 6.04. The number of carbonyl (C=O) groups excluding carboxylic acids is 1. The highest BCUT2D eigenvalue weighted by Gasteiger charge is 2.17. The van der Waals surface area contributed by atoms with Crippen molar-refractivity contribution in [1.82, 2.24) is 40.2 Å². The van der Waals surface area contributed by atoms with Crippen molar-refractivity contribution in [3.8, 4) is 11.3 Å². The minimum Gasteiger partial charge on any atom is -0.348 e. The maximum atomic E-state index is 12.5. The summed E-state index contributed by atoms with van der Waals surface area (Å²) in [7, 11) is 0. The molecule has 0 saturated heterocycles. The Bertz CT molecular complexity index is 1310. The van der Waals surface area contributed by atoms with E-state index in [0.29, 0.717) is 17.9 Å². The Morgan fingerprint density at radius 1 is 1.11 bits per heavy atom. The van der Waals surface area contributed by atoms with Crippen LogP contribution in [-0.4, -0.2) is 42.0 Å². The van der Waals surface area contributed by atoms with Crippen LogP contribution in [0.15, 0.2) is 55.1 Å². The van der Waals surface area contributed by atoms with E-state index in [1.54, 1.807) is 23.4 Å². The lowest BCUT2D eigenvalue weighted by atomic mass is 10.1. The second kappa shape index (κ2) is 9.30. The van der Waals surface area contributed by atoms with Gasteiger partial charge in [0.05, 0.1) is 35.2 Å². The molecule has 0 fully saturated rings. The largest absolute Gasteiger partial charge is 0.348 e. The first-order chi connectivity index (χ1) is 16.8. The zero-order chi connectivity index (χ0) is 24.4. The van der Waals surface area contributed by atoms with E-state index < -0.39 is 0 Å². The van der Waals surface area contributed by atoms with E-state index in [0.717, 1.165) is 48.0 Å². The number of aromatic nitrogens is 6. The van der Waals surface area contributed by atoms with E-state index >= 15 is 0 Å². The van der Waals surface area contributed by atoms with Gasteiger partial charge in [-0.2, -0.15) is 10.2 Å².